The highest BCUT2D eigenvalue weighted by molar-refractivity contribution is 9.10. The van der Waals surface area contributed by atoms with Crippen LogP contribution in [0.1, 0.15) is 28.0 Å². The van der Waals surface area contributed by atoms with Gasteiger partial charge < -0.3 is 9.64 Å². The highest BCUT2D eigenvalue weighted by Gasteiger charge is 2.36. The average molecular weight is 468 g/mol. The molecule has 1 fully saturated rings. The van der Waals surface area contributed by atoms with E-state index in [2.05, 4.69) is 22.0 Å². The summed E-state index contributed by atoms with van der Waals surface area (Å²) in [6.45, 7) is 0.744. The summed E-state index contributed by atoms with van der Waals surface area (Å²) in [7, 11) is 1.66. The van der Waals surface area contributed by atoms with E-state index in [0.717, 1.165) is 39.2 Å². The van der Waals surface area contributed by atoms with Gasteiger partial charge in [0, 0.05) is 12.3 Å². The fraction of sp³-hybridized carbons (Fsp3) is 0.208. The lowest BCUT2D eigenvalue weighted by Crippen LogP contribution is -2.35. The maximum atomic E-state index is 13.8. The van der Waals surface area contributed by atoms with E-state index in [1.54, 1.807) is 18.9 Å². The summed E-state index contributed by atoms with van der Waals surface area (Å²) >= 11 is 5.38. The number of benzene rings is 3. The Morgan fingerprint density at radius 2 is 1.66 bits per heavy atom. The fourth-order valence-corrected chi connectivity index (χ4v) is 5.55. The van der Waals surface area contributed by atoms with Crippen molar-refractivity contribution >= 4 is 33.6 Å². The Morgan fingerprint density at radius 1 is 1.03 bits per heavy atom. The molecule has 0 saturated carbocycles. The van der Waals surface area contributed by atoms with Gasteiger partial charge in [-0.2, -0.15) is 0 Å². The molecular formula is C24H22BrNO2S. The first kappa shape index (κ1) is 20.0. The van der Waals surface area contributed by atoms with E-state index >= 15 is 0 Å². The summed E-state index contributed by atoms with van der Waals surface area (Å²) in [4.78, 5) is 15.8. The second-order valence-electron chi connectivity index (χ2n) is 6.90. The number of carbonyl (C=O) groups excluding carboxylic acids is 1. The number of ether oxygens (including phenoxy) is 1. The van der Waals surface area contributed by atoms with Crippen molar-refractivity contribution in [3.05, 3.63) is 100 Å². The van der Waals surface area contributed by atoms with Gasteiger partial charge >= 0.3 is 0 Å². The Kier molecular flexibility index (Phi) is 6.26. The van der Waals surface area contributed by atoms with Crippen LogP contribution in [0, 0.1) is 0 Å². The van der Waals surface area contributed by atoms with Gasteiger partial charge in [0.05, 0.1) is 17.5 Å². The molecule has 29 heavy (non-hydrogen) atoms. The molecule has 0 aromatic heterocycles. The van der Waals surface area contributed by atoms with Crippen molar-refractivity contribution < 1.29 is 9.53 Å². The highest BCUT2D eigenvalue weighted by atomic mass is 79.9. The number of methoxy groups -OCH3 is 1. The fourth-order valence-electron chi connectivity index (χ4n) is 3.74. The van der Waals surface area contributed by atoms with Crippen molar-refractivity contribution in [3.63, 3.8) is 0 Å². The lowest BCUT2D eigenvalue weighted by atomic mass is 9.90. The SMILES string of the molecule is COc1ccc(C2SCCN2C(=O)C(c2ccccc2)c2ccccc2)cc1Br. The third-order valence-electron chi connectivity index (χ3n) is 5.15. The molecule has 1 atom stereocenters. The van der Waals surface area contributed by atoms with Gasteiger partial charge in [-0.3, -0.25) is 4.79 Å². The lowest BCUT2D eigenvalue weighted by Gasteiger charge is -2.29. The first-order valence-corrected chi connectivity index (χ1v) is 11.4. The van der Waals surface area contributed by atoms with Gasteiger partial charge in [0.1, 0.15) is 11.1 Å². The number of halogens is 1. The largest absolute Gasteiger partial charge is 0.496 e. The topological polar surface area (TPSA) is 29.5 Å². The van der Waals surface area contributed by atoms with Gasteiger partial charge in [0.25, 0.3) is 0 Å². The maximum Gasteiger partial charge on any atom is 0.235 e. The molecule has 0 aliphatic carbocycles. The lowest BCUT2D eigenvalue weighted by molar-refractivity contribution is -0.132. The molecule has 0 spiro atoms. The number of carbonyl (C=O) groups is 1. The van der Waals surface area contributed by atoms with Crippen LogP contribution < -0.4 is 4.74 Å². The van der Waals surface area contributed by atoms with Crippen LogP contribution in [0.4, 0.5) is 0 Å². The van der Waals surface area contributed by atoms with Gasteiger partial charge in [-0.05, 0) is 44.8 Å². The number of rotatable bonds is 5. The molecule has 3 aromatic carbocycles. The predicted molar refractivity (Wildman–Crippen MR) is 122 cm³/mol. The molecule has 1 aliphatic heterocycles. The molecule has 1 aliphatic rings. The number of hydrogen-bond acceptors (Lipinski definition) is 3. The Bertz CT molecular complexity index is 941. The minimum Gasteiger partial charge on any atom is -0.496 e. The number of hydrogen-bond donors (Lipinski definition) is 0. The van der Waals surface area contributed by atoms with E-state index in [1.807, 2.05) is 77.7 Å². The van der Waals surface area contributed by atoms with E-state index in [4.69, 9.17) is 4.74 Å². The van der Waals surface area contributed by atoms with Crippen LogP contribution in [-0.4, -0.2) is 30.2 Å². The summed E-state index contributed by atoms with van der Waals surface area (Å²) in [5.41, 5.74) is 3.15. The van der Waals surface area contributed by atoms with E-state index in [9.17, 15) is 4.79 Å². The second-order valence-corrected chi connectivity index (χ2v) is 8.95. The molecule has 1 heterocycles. The molecule has 0 N–H and O–H groups in total. The Balaban J connectivity index is 1.69. The molecule has 1 amide bonds. The van der Waals surface area contributed by atoms with Crippen LogP contribution in [0.2, 0.25) is 0 Å². The van der Waals surface area contributed by atoms with Crippen molar-refractivity contribution in [3.8, 4) is 5.75 Å². The Hall–Kier alpha value is -2.24. The maximum absolute atomic E-state index is 13.8. The van der Waals surface area contributed by atoms with Gasteiger partial charge in [0.2, 0.25) is 5.91 Å². The average Bonchev–Trinajstić information content (AvgIpc) is 3.25. The normalized spacial score (nSPS) is 16.2. The van der Waals surface area contributed by atoms with Crippen LogP contribution in [-0.2, 0) is 4.79 Å². The van der Waals surface area contributed by atoms with Crippen LogP contribution >= 0.6 is 27.7 Å². The Labute approximate surface area is 184 Å². The van der Waals surface area contributed by atoms with E-state index in [1.165, 1.54) is 0 Å². The van der Waals surface area contributed by atoms with Crippen LogP contribution in [0.5, 0.6) is 5.75 Å². The summed E-state index contributed by atoms with van der Waals surface area (Å²) < 4.78 is 6.26. The molecule has 1 saturated heterocycles. The smallest absolute Gasteiger partial charge is 0.235 e. The van der Waals surface area contributed by atoms with Crippen LogP contribution in [0.15, 0.2) is 83.3 Å². The molecule has 0 bridgehead atoms. The van der Waals surface area contributed by atoms with E-state index < -0.39 is 0 Å². The highest BCUT2D eigenvalue weighted by Crippen LogP contribution is 2.42. The molecule has 3 nitrogen and oxygen atoms in total. The monoisotopic (exact) mass is 467 g/mol. The van der Waals surface area contributed by atoms with E-state index in [-0.39, 0.29) is 17.2 Å². The zero-order valence-electron chi connectivity index (χ0n) is 16.1. The van der Waals surface area contributed by atoms with Gasteiger partial charge in [-0.15, -0.1) is 11.8 Å². The molecule has 0 radical (unpaired) electrons. The summed E-state index contributed by atoms with van der Waals surface area (Å²) in [6, 6.07) is 26.2. The van der Waals surface area contributed by atoms with Crippen molar-refractivity contribution in [2.24, 2.45) is 0 Å². The second kappa shape index (κ2) is 9.06. The van der Waals surface area contributed by atoms with Gasteiger partial charge in [-0.25, -0.2) is 0 Å². The molecule has 148 valence electrons. The zero-order chi connectivity index (χ0) is 20.2. The minimum absolute atomic E-state index is 0.000342. The standard InChI is InChI=1S/C24H22BrNO2S/c1-28-21-13-12-19(16-20(21)25)24-26(14-15-29-24)23(27)22(17-8-4-2-5-9-17)18-10-6-3-7-11-18/h2-13,16,22,24H,14-15H2,1H3. The summed E-state index contributed by atoms with van der Waals surface area (Å²) in [5.74, 6) is 1.56. The van der Waals surface area contributed by atoms with Crippen LogP contribution in [0.3, 0.4) is 0 Å². The number of nitrogens with zero attached hydrogens (tertiary/aromatic N) is 1. The van der Waals surface area contributed by atoms with Gasteiger partial charge in [-0.1, -0.05) is 66.7 Å². The quantitative estimate of drug-likeness (QED) is 0.470. The predicted octanol–water partition coefficient (Wildman–Crippen LogP) is 5.86. The van der Waals surface area contributed by atoms with E-state index in [0.29, 0.717) is 0 Å². The minimum atomic E-state index is -0.305. The van der Waals surface area contributed by atoms with Crippen molar-refractivity contribution in [2.75, 3.05) is 19.4 Å². The zero-order valence-corrected chi connectivity index (χ0v) is 18.5. The molecule has 1 unspecified atom stereocenters. The van der Waals surface area contributed by atoms with Crippen molar-refractivity contribution in [2.45, 2.75) is 11.3 Å². The van der Waals surface area contributed by atoms with Crippen LogP contribution in [0.25, 0.3) is 0 Å². The molecule has 3 aromatic rings. The Morgan fingerprint density at radius 3 is 2.21 bits per heavy atom. The third-order valence-corrected chi connectivity index (χ3v) is 7.03. The third kappa shape index (κ3) is 4.21. The first-order valence-electron chi connectivity index (χ1n) is 9.54. The summed E-state index contributed by atoms with van der Waals surface area (Å²) in [5, 5.41) is -0.000342. The van der Waals surface area contributed by atoms with Gasteiger partial charge in [0.15, 0.2) is 0 Å². The molecule has 4 rings (SSSR count). The number of thioether (sulfide) groups is 1. The van der Waals surface area contributed by atoms with Crippen molar-refractivity contribution in [1.82, 2.24) is 4.90 Å². The number of amides is 1. The first-order chi connectivity index (χ1) is 14.2. The molecular weight excluding hydrogens is 446 g/mol. The molecule has 5 heteroatoms. The summed E-state index contributed by atoms with van der Waals surface area (Å²) in [6.07, 6.45) is 0. The van der Waals surface area contributed by atoms with Crippen molar-refractivity contribution in [1.29, 1.82) is 0 Å².